The molecule has 17 heavy (non-hydrogen) atoms. The molecule has 0 saturated heterocycles. The summed E-state index contributed by atoms with van der Waals surface area (Å²) >= 11 is 1.61. The molecule has 0 amide bonds. The lowest BCUT2D eigenvalue weighted by molar-refractivity contribution is 0.414. The maximum atomic E-state index is 9.64. The first-order valence-electron chi connectivity index (χ1n) is 5.33. The predicted octanol–water partition coefficient (Wildman–Crippen LogP) is 3.69. The highest BCUT2D eigenvalue weighted by Gasteiger charge is 2.01. The first kappa shape index (κ1) is 11.9. The average molecular weight is 246 g/mol. The molecule has 0 aliphatic rings. The Hall–Kier alpha value is -1.61. The number of aromatic hydroxyl groups is 1. The van der Waals surface area contributed by atoms with Crippen LogP contribution in [0.4, 0.5) is 0 Å². The Balaban J connectivity index is 2.05. The zero-order valence-corrected chi connectivity index (χ0v) is 10.4. The Morgan fingerprint density at radius 3 is 2.71 bits per heavy atom. The normalized spacial score (nSPS) is 10.2. The molecule has 2 aromatic rings. The van der Waals surface area contributed by atoms with E-state index in [-0.39, 0.29) is 0 Å². The zero-order valence-electron chi connectivity index (χ0n) is 9.59. The molecule has 0 fully saturated rings. The Labute approximate surface area is 105 Å². The van der Waals surface area contributed by atoms with E-state index in [1.54, 1.807) is 24.9 Å². The van der Waals surface area contributed by atoms with Crippen LogP contribution in [0.25, 0.3) is 0 Å². The van der Waals surface area contributed by atoms with E-state index in [4.69, 9.17) is 4.74 Å². The zero-order chi connectivity index (χ0) is 12.1. The van der Waals surface area contributed by atoms with Crippen LogP contribution in [-0.4, -0.2) is 12.2 Å². The number of hydrogen-bond acceptors (Lipinski definition) is 3. The van der Waals surface area contributed by atoms with Crippen molar-refractivity contribution in [3.63, 3.8) is 0 Å². The summed E-state index contributed by atoms with van der Waals surface area (Å²) in [6.45, 7) is 0. The summed E-state index contributed by atoms with van der Waals surface area (Å²) in [6.07, 6.45) is 0. The van der Waals surface area contributed by atoms with Crippen molar-refractivity contribution < 1.29 is 9.84 Å². The van der Waals surface area contributed by atoms with Crippen molar-refractivity contribution in [1.29, 1.82) is 0 Å². The topological polar surface area (TPSA) is 29.5 Å². The second-order valence-electron chi connectivity index (χ2n) is 3.61. The third-order valence-electron chi connectivity index (χ3n) is 2.39. The lowest BCUT2D eigenvalue weighted by Gasteiger charge is -2.05. The van der Waals surface area contributed by atoms with E-state index in [2.05, 4.69) is 6.07 Å². The van der Waals surface area contributed by atoms with Crippen LogP contribution in [0, 0.1) is 0 Å². The molecule has 2 nitrogen and oxygen atoms in total. The standard InChI is InChI=1S/C14H14O2S/c1-16-12-6-4-5-11(9-12)10-17-14-8-3-2-7-13(14)15/h2-9,15H,10H2,1H3. The fraction of sp³-hybridized carbons (Fsp3) is 0.143. The molecule has 2 rings (SSSR count). The summed E-state index contributed by atoms with van der Waals surface area (Å²) in [5.41, 5.74) is 1.18. The number of phenols is 1. The van der Waals surface area contributed by atoms with Crippen molar-refractivity contribution in [1.82, 2.24) is 0 Å². The van der Waals surface area contributed by atoms with Crippen molar-refractivity contribution in [3.05, 3.63) is 54.1 Å². The molecule has 2 aromatic carbocycles. The fourth-order valence-electron chi connectivity index (χ4n) is 1.50. The first-order valence-corrected chi connectivity index (χ1v) is 6.32. The van der Waals surface area contributed by atoms with Crippen LogP contribution >= 0.6 is 11.8 Å². The van der Waals surface area contributed by atoms with Gasteiger partial charge in [0.1, 0.15) is 11.5 Å². The minimum atomic E-state index is 0.334. The van der Waals surface area contributed by atoms with E-state index in [1.807, 2.05) is 36.4 Å². The van der Waals surface area contributed by atoms with Crippen LogP contribution in [0.15, 0.2) is 53.4 Å². The third kappa shape index (κ3) is 3.17. The largest absolute Gasteiger partial charge is 0.507 e. The summed E-state index contributed by atoms with van der Waals surface area (Å²) in [5.74, 6) is 2.01. The summed E-state index contributed by atoms with van der Waals surface area (Å²) in [5, 5.41) is 9.64. The van der Waals surface area contributed by atoms with Gasteiger partial charge in [-0.05, 0) is 29.8 Å². The molecule has 0 aliphatic carbocycles. The smallest absolute Gasteiger partial charge is 0.129 e. The number of hydrogen-bond donors (Lipinski definition) is 1. The summed E-state index contributed by atoms with van der Waals surface area (Å²) in [6, 6.07) is 15.3. The lowest BCUT2D eigenvalue weighted by atomic mass is 10.2. The van der Waals surface area contributed by atoms with E-state index < -0.39 is 0 Å². The first-order chi connectivity index (χ1) is 8.29. The minimum Gasteiger partial charge on any atom is -0.507 e. The highest BCUT2D eigenvalue weighted by atomic mass is 32.2. The summed E-state index contributed by atoms with van der Waals surface area (Å²) < 4.78 is 5.17. The van der Waals surface area contributed by atoms with Crippen LogP contribution in [0.3, 0.4) is 0 Å². The van der Waals surface area contributed by atoms with Gasteiger partial charge >= 0.3 is 0 Å². The second-order valence-corrected chi connectivity index (χ2v) is 4.63. The van der Waals surface area contributed by atoms with Gasteiger partial charge in [0.2, 0.25) is 0 Å². The van der Waals surface area contributed by atoms with Gasteiger partial charge < -0.3 is 9.84 Å². The van der Waals surface area contributed by atoms with Gasteiger partial charge in [-0.3, -0.25) is 0 Å². The third-order valence-corrected chi connectivity index (χ3v) is 3.53. The van der Waals surface area contributed by atoms with Crippen LogP contribution in [0.2, 0.25) is 0 Å². The lowest BCUT2D eigenvalue weighted by Crippen LogP contribution is -1.85. The second kappa shape index (κ2) is 5.64. The molecular formula is C14H14O2S. The van der Waals surface area contributed by atoms with Gasteiger partial charge in [-0.2, -0.15) is 0 Å². The maximum absolute atomic E-state index is 9.64. The highest BCUT2D eigenvalue weighted by molar-refractivity contribution is 7.98. The van der Waals surface area contributed by atoms with Crippen LogP contribution in [-0.2, 0) is 5.75 Å². The minimum absolute atomic E-state index is 0.334. The Kier molecular flexibility index (Phi) is 3.94. The molecule has 3 heteroatoms. The number of rotatable bonds is 4. The van der Waals surface area contributed by atoms with E-state index in [0.29, 0.717) is 5.75 Å². The van der Waals surface area contributed by atoms with Crippen molar-refractivity contribution in [2.24, 2.45) is 0 Å². The van der Waals surface area contributed by atoms with E-state index in [9.17, 15) is 5.11 Å². The van der Waals surface area contributed by atoms with Crippen LogP contribution in [0.1, 0.15) is 5.56 Å². The fourth-order valence-corrected chi connectivity index (χ4v) is 2.39. The van der Waals surface area contributed by atoms with Gasteiger partial charge in [-0.25, -0.2) is 0 Å². The molecule has 0 saturated carbocycles. The van der Waals surface area contributed by atoms with E-state index in [1.165, 1.54) is 5.56 Å². The number of thioether (sulfide) groups is 1. The molecule has 0 aliphatic heterocycles. The Morgan fingerprint density at radius 1 is 1.12 bits per heavy atom. The van der Waals surface area contributed by atoms with Gasteiger partial charge in [0.25, 0.3) is 0 Å². The van der Waals surface area contributed by atoms with E-state index >= 15 is 0 Å². The molecule has 0 bridgehead atoms. The van der Waals surface area contributed by atoms with Crippen molar-refractivity contribution in [2.75, 3.05) is 7.11 Å². The van der Waals surface area contributed by atoms with E-state index in [0.717, 1.165) is 16.4 Å². The maximum Gasteiger partial charge on any atom is 0.129 e. The number of methoxy groups -OCH3 is 1. The number of benzene rings is 2. The predicted molar refractivity (Wildman–Crippen MR) is 70.7 cm³/mol. The van der Waals surface area contributed by atoms with Crippen LogP contribution < -0.4 is 4.74 Å². The van der Waals surface area contributed by atoms with Gasteiger partial charge in [0, 0.05) is 10.6 Å². The van der Waals surface area contributed by atoms with Crippen molar-refractivity contribution in [2.45, 2.75) is 10.6 Å². The number of phenolic OH excluding ortho intramolecular Hbond substituents is 1. The summed E-state index contributed by atoms with van der Waals surface area (Å²) in [7, 11) is 1.66. The molecule has 0 aromatic heterocycles. The average Bonchev–Trinajstić information content (AvgIpc) is 2.38. The van der Waals surface area contributed by atoms with Gasteiger partial charge in [0.15, 0.2) is 0 Å². The van der Waals surface area contributed by atoms with Gasteiger partial charge in [0.05, 0.1) is 7.11 Å². The monoisotopic (exact) mass is 246 g/mol. The molecular weight excluding hydrogens is 232 g/mol. The number of para-hydroxylation sites is 1. The molecule has 0 atom stereocenters. The van der Waals surface area contributed by atoms with Gasteiger partial charge in [-0.1, -0.05) is 24.3 Å². The van der Waals surface area contributed by atoms with Crippen molar-refractivity contribution >= 4 is 11.8 Å². The molecule has 1 N–H and O–H groups in total. The highest BCUT2D eigenvalue weighted by Crippen LogP contribution is 2.30. The quantitative estimate of drug-likeness (QED) is 0.834. The summed E-state index contributed by atoms with van der Waals surface area (Å²) in [4.78, 5) is 0.898. The molecule has 0 heterocycles. The van der Waals surface area contributed by atoms with Gasteiger partial charge in [-0.15, -0.1) is 11.8 Å². The van der Waals surface area contributed by atoms with Crippen LogP contribution in [0.5, 0.6) is 11.5 Å². The molecule has 0 spiro atoms. The SMILES string of the molecule is COc1cccc(CSc2ccccc2O)c1. The molecule has 88 valence electrons. The van der Waals surface area contributed by atoms with Crippen molar-refractivity contribution in [3.8, 4) is 11.5 Å². The molecule has 0 unspecified atom stereocenters. The molecule has 0 radical (unpaired) electrons. The Morgan fingerprint density at radius 2 is 1.94 bits per heavy atom. The number of ether oxygens (including phenoxy) is 1. The Bertz CT molecular complexity index is 497.